The Morgan fingerprint density at radius 3 is 2.15 bits per heavy atom. The van der Waals surface area contributed by atoms with Crippen LogP contribution in [-0.4, -0.2) is 123 Å². The van der Waals surface area contributed by atoms with Gasteiger partial charge in [0.05, 0.1) is 23.9 Å². The maximum absolute atomic E-state index is 13.6. The average Bonchev–Trinajstić information content (AvgIpc) is 3.97. The molecule has 0 spiro atoms. The van der Waals surface area contributed by atoms with Crippen molar-refractivity contribution in [2.75, 3.05) is 75.2 Å². The SMILES string of the molecule is C=C1CCC(N2Cc3cc(N4CCC(CC5CCN(CCN6CCN(c7ccc(Cc8ncc9c(C)c(C(C)=O)c(=O)n(C%10CCCC%10)c9n8)nc7)CC6)CC5)CC4)ccc3C2=O)C(=O)N1. The second kappa shape index (κ2) is 19.0. The van der Waals surface area contributed by atoms with Crippen LogP contribution in [0.3, 0.4) is 0 Å². The van der Waals surface area contributed by atoms with Gasteiger partial charge in [0.15, 0.2) is 5.78 Å². The zero-order valence-electron chi connectivity index (χ0n) is 39.0. The third-order valence-electron chi connectivity index (χ3n) is 15.9. The summed E-state index contributed by atoms with van der Waals surface area (Å²) < 4.78 is 1.78. The molecule has 1 unspecified atom stereocenters. The van der Waals surface area contributed by atoms with Crippen molar-refractivity contribution in [1.82, 2.24) is 39.5 Å². The zero-order valence-corrected chi connectivity index (χ0v) is 39.0. The Balaban J connectivity index is 0.641. The molecule has 1 atom stereocenters. The molecule has 5 fully saturated rings. The molecule has 8 heterocycles. The molecule has 10 rings (SSSR count). The molecule has 1 aromatic carbocycles. The van der Waals surface area contributed by atoms with Gasteiger partial charge in [0, 0.05) is 99.2 Å². The lowest BCUT2D eigenvalue weighted by molar-refractivity contribution is -0.126. The van der Waals surface area contributed by atoms with Crippen LogP contribution in [0.15, 0.2) is 59.8 Å². The van der Waals surface area contributed by atoms with Crippen LogP contribution in [-0.2, 0) is 17.8 Å². The number of hydrogen-bond acceptors (Lipinski definition) is 11. The molecule has 348 valence electrons. The number of ketones is 1. The number of allylic oxidation sites excluding steroid dienone is 1. The summed E-state index contributed by atoms with van der Waals surface area (Å²) in [5, 5.41) is 3.61. The number of likely N-dealkylation sites (tertiary alicyclic amines) is 1. The molecule has 1 saturated carbocycles. The Kier molecular flexibility index (Phi) is 12.8. The number of aromatic nitrogens is 4. The number of anilines is 2. The Labute approximate surface area is 388 Å². The van der Waals surface area contributed by atoms with Crippen molar-refractivity contribution in [2.24, 2.45) is 11.8 Å². The largest absolute Gasteiger partial charge is 0.372 e. The van der Waals surface area contributed by atoms with Crippen LogP contribution in [0.25, 0.3) is 11.0 Å². The summed E-state index contributed by atoms with van der Waals surface area (Å²) in [6.07, 6.45) is 15.9. The second-order valence-electron chi connectivity index (χ2n) is 20.1. The van der Waals surface area contributed by atoms with Crippen LogP contribution in [0.2, 0.25) is 0 Å². The highest BCUT2D eigenvalue weighted by molar-refractivity contribution is 6.02. The van der Waals surface area contributed by atoms with Crippen molar-refractivity contribution in [3.63, 3.8) is 0 Å². The van der Waals surface area contributed by atoms with E-state index in [1.165, 1.54) is 57.8 Å². The van der Waals surface area contributed by atoms with Gasteiger partial charge in [-0.3, -0.25) is 33.6 Å². The van der Waals surface area contributed by atoms with Gasteiger partial charge in [-0.1, -0.05) is 19.4 Å². The van der Waals surface area contributed by atoms with Gasteiger partial charge in [-0.15, -0.1) is 0 Å². The van der Waals surface area contributed by atoms with Crippen molar-refractivity contribution in [3.05, 3.63) is 99.1 Å². The maximum Gasteiger partial charge on any atom is 0.263 e. The summed E-state index contributed by atoms with van der Waals surface area (Å²) in [6.45, 7) is 18.5. The van der Waals surface area contributed by atoms with E-state index in [4.69, 9.17) is 9.97 Å². The van der Waals surface area contributed by atoms with Gasteiger partial charge in [0.2, 0.25) is 5.91 Å². The van der Waals surface area contributed by atoms with Crippen molar-refractivity contribution in [1.29, 1.82) is 0 Å². The number of benzene rings is 1. The number of amides is 2. The fourth-order valence-electron chi connectivity index (χ4n) is 11.9. The lowest BCUT2D eigenvalue weighted by atomic mass is 9.82. The molecular formula is C52H66N10O4. The smallest absolute Gasteiger partial charge is 0.263 e. The van der Waals surface area contributed by atoms with Gasteiger partial charge in [-0.2, -0.15) is 0 Å². The highest BCUT2D eigenvalue weighted by Crippen LogP contribution is 2.36. The van der Waals surface area contributed by atoms with E-state index in [2.05, 4.69) is 60.7 Å². The number of nitrogens with zero attached hydrogens (tertiary/aromatic N) is 9. The predicted octanol–water partition coefficient (Wildman–Crippen LogP) is 6.29. The number of pyridine rings is 2. The van der Waals surface area contributed by atoms with E-state index in [0.29, 0.717) is 42.8 Å². The molecule has 14 heteroatoms. The summed E-state index contributed by atoms with van der Waals surface area (Å²) in [5.41, 5.74) is 7.05. The molecule has 5 aliphatic heterocycles. The van der Waals surface area contributed by atoms with Gasteiger partial charge in [0.25, 0.3) is 11.5 Å². The van der Waals surface area contributed by atoms with Crippen LogP contribution in [0.1, 0.15) is 127 Å². The van der Waals surface area contributed by atoms with Crippen molar-refractivity contribution in [3.8, 4) is 0 Å². The molecule has 6 aliphatic rings. The van der Waals surface area contributed by atoms with Crippen LogP contribution >= 0.6 is 0 Å². The second-order valence-corrected chi connectivity index (χ2v) is 20.1. The van der Waals surface area contributed by atoms with E-state index in [0.717, 1.165) is 123 Å². The quantitative estimate of drug-likeness (QED) is 0.161. The summed E-state index contributed by atoms with van der Waals surface area (Å²) in [7, 11) is 0. The topological polar surface area (TPSA) is 140 Å². The molecule has 1 aliphatic carbocycles. The molecule has 0 bridgehead atoms. The molecule has 66 heavy (non-hydrogen) atoms. The minimum Gasteiger partial charge on any atom is -0.372 e. The van der Waals surface area contributed by atoms with Gasteiger partial charge < -0.3 is 24.9 Å². The van der Waals surface area contributed by atoms with Crippen LogP contribution in [0.5, 0.6) is 0 Å². The number of nitrogens with one attached hydrogen (secondary N) is 1. The van der Waals surface area contributed by atoms with Crippen LogP contribution < -0.4 is 20.7 Å². The molecule has 1 N–H and O–H groups in total. The minimum atomic E-state index is -0.422. The summed E-state index contributed by atoms with van der Waals surface area (Å²) in [6, 6.07) is 10.1. The van der Waals surface area contributed by atoms with E-state index in [-0.39, 0.29) is 34.8 Å². The maximum atomic E-state index is 13.6. The molecule has 0 radical (unpaired) electrons. The van der Waals surface area contributed by atoms with Crippen LogP contribution in [0.4, 0.5) is 11.4 Å². The summed E-state index contributed by atoms with van der Waals surface area (Å²) in [4.78, 5) is 78.4. The Bertz CT molecular complexity index is 2540. The number of carbonyl (C=O) groups is 3. The molecule has 2 amide bonds. The number of rotatable bonds is 12. The van der Waals surface area contributed by atoms with Crippen molar-refractivity contribution < 1.29 is 14.4 Å². The first-order valence-corrected chi connectivity index (χ1v) is 24.8. The number of Topliss-reactive ketones (excluding diaryl/α,β-unsaturated/α-hetero) is 1. The van der Waals surface area contributed by atoms with Crippen molar-refractivity contribution in [2.45, 2.75) is 110 Å². The highest BCUT2D eigenvalue weighted by Gasteiger charge is 2.38. The monoisotopic (exact) mass is 895 g/mol. The number of hydrogen-bond donors (Lipinski definition) is 1. The normalized spacial score (nSPS) is 21.9. The Hall–Kier alpha value is -5.47. The molecule has 4 aromatic rings. The number of aryl methyl sites for hydroxylation is 1. The van der Waals surface area contributed by atoms with Crippen LogP contribution in [0, 0.1) is 18.8 Å². The van der Waals surface area contributed by atoms with Gasteiger partial charge in [-0.25, -0.2) is 9.97 Å². The Morgan fingerprint density at radius 1 is 0.788 bits per heavy atom. The Morgan fingerprint density at radius 2 is 1.47 bits per heavy atom. The molecule has 3 aromatic heterocycles. The van der Waals surface area contributed by atoms with E-state index >= 15 is 0 Å². The first kappa shape index (κ1) is 44.4. The highest BCUT2D eigenvalue weighted by atomic mass is 16.2. The van der Waals surface area contributed by atoms with E-state index in [1.54, 1.807) is 15.7 Å². The first-order valence-electron chi connectivity index (χ1n) is 24.8. The third kappa shape index (κ3) is 9.15. The zero-order chi connectivity index (χ0) is 45.5. The summed E-state index contributed by atoms with van der Waals surface area (Å²) >= 11 is 0. The van der Waals surface area contributed by atoms with E-state index < -0.39 is 6.04 Å². The number of piperazine rings is 1. The predicted molar refractivity (Wildman–Crippen MR) is 257 cm³/mol. The lowest BCUT2D eigenvalue weighted by Gasteiger charge is -2.39. The number of fused-ring (bicyclic) bond motifs is 2. The fraction of sp³-hybridized carbons (Fsp3) is 0.558. The van der Waals surface area contributed by atoms with Crippen molar-refractivity contribution >= 4 is 40.0 Å². The molecule has 4 saturated heterocycles. The van der Waals surface area contributed by atoms with E-state index in [1.807, 2.05) is 19.2 Å². The average molecular weight is 895 g/mol. The number of carbonyl (C=O) groups excluding carboxylic acids is 3. The molecule has 14 nitrogen and oxygen atoms in total. The lowest BCUT2D eigenvalue weighted by Crippen LogP contribution is -2.49. The number of piperidine rings is 3. The first-order chi connectivity index (χ1) is 32.1. The van der Waals surface area contributed by atoms with Gasteiger partial charge in [0.1, 0.15) is 17.5 Å². The fourth-order valence-corrected chi connectivity index (χ4v) is 11.9. The third-order valence-corrected chi connectivity index (χ3v) is 15.9. The van der Waals surface area contributed by atoms with Gasteiger partial charge >= 0.3 is 0 Å². The van der Waals surface area contributed by atoms with E-state index in [9.17, 15) is 19.2 Å². The minimum absolute atomic E-state index is 0.0335. The van der Waals surface area contributed by atoms with Gasteiger partial charge in [-0.05, 0) is 138 Å². The summed E-state index contributed by atoms with van der Waals surface area (Å²) in [5.74, 6) is 1.86. The molecular weight excluding hydrogens is 829 g/mol. The standard InChI is InChI=1S/C52H66N10O4/c1-34-8-13-46(50(64)55-34)61-33-39-29-42(11-12-44(39)51(61)65)59-20-16-38(17-21-59)28-37-14-18-57(19-15-37)22-23-58-24-26-60(27-25-58)43-10-9-40(53-31-43)30-47-54-32-45-35(2)48(36(3)63)52(66)62(49(45)56-47)41-6-4-5-7-41/h9-12,29,31-32,37-38,41,46H,1,4-8,13-28,30,33H2,2-3H3,(H,55,64).